The molecule has 24 heavy (non-hydrogen) atoms. The number of carbonyl (C=O) groups is 1. The Morgan fingerprint density at radius 3 is 2.62 bits per heavy atom. The number of anilines is 1. The molecule has 0 aromatic heterocycles. The average molecular weight is 349 g/mol. The van der Waals surface area contributed by atoms with Crippen LogP contribution < -0.4 is 20.5 Å². The largest absolute Gasteiger partial charge is 0.496 e. The summed E-state index contributed by atoms with van der Waals surface area (Å²) in [6.45, 7) is 4.24. The van der Waals surface area contributed by atoms with Crippen molar-refractivity contribution in [3.63, 3.8) is 0 Å². The second kappa shape index (κ2) is 7.93. The van der Waals surface area contributed by atoms with Crippen LogP contribution in [0.4, 0.5) is 5.69 Å². The number of nitrogen functional groups attached to an aromatic ring is 1. The molecule has 0 fully saturated rings. The number of para-hydroxylation sites is 1. The van der Waals surface area contributed by atoms with Crippen LogP contribution in [0.3, 0.4) is 0 Å². The van der Waals surface area contributed by atoms with E-state index >= 15 is 0 Å². The number of hydrogen-bond acceptors (Lipinski definition) is 4. The van der Waals surface area contributed by atoms with E-state index in [1.807, 2.05) is 38.1 Å². The first kappa shape index (κ1) is 17.9. The van der Waals surface area contributed by atoms with E-state index in [0.29, 0.717) is 28.6 Å². The molecular weight excluding hydrogens is 328 g/mol. The first-order valence-electron chi connectivity index (χ1n) is 7.58. The summed E-state index contributed by atoms with van der Waals surface area (Å²) in [5, 5.41) is 3.16. The maximum Gasteiger partial charge on any atom is 0.255 e. The summed E-state index contributed by atoms with van der Waals surface area (Å²) in [6.07, 6.45) is 0.0536. The highest BCUT2D eigenvalue weighted by atomic mass is 35.5. The van der Waals surface area contributed by atoms with Crippen LogP contribution in [0.2, 0.25) is 5.02 Å². The van der Waals surface area contributed by atoms with Crippen molar-refractivity contribution in [3.05, 3.63) is 52.5 Å². The van der Waals surface area contributed by atoms with E-state index < -0.39 is 0 Å². The fraction of sp³-hybridized carbons (Fsp3) is 0.278. The van der Waals surface area contributed by atoms with Gasteiger partial charge in [0.05, 0.1) is 29.5 Å². The SMILES string of the molecule is COc1cc(N)c(Cl)cc1C(=O)NCc1ccccc1OC(C)C. The van der Waals surface area contributed by atoms with Gasteiger partial charge >= 0.3 is 0 Å². The first-order chi connectivity index (χ1) is 11.4. The molecule has 0 aliphatic heterocycles. The van der Waals surface area contributed by atoms with Crippen molar-refractivity contribution in [1.82, 2.24) is 5.32 Å². The van der Waals surface area contributed by atoms with Crippen LogP contribution in [-0.4, -0.2) is 19.1 Å². The van der Waals surface area contributed by atoms with Crippen LogP contribution in [0, 0.1) is 0 Å². The van der Waals surface area contributed by atoms with Crippen molar-refractivity contribution in [1.29, 1.82) is 0 Å². The molecule has 2 aromatic rings. The highest BCUT2D eigenvalue weighted by Crippen LogP contribution is 2.29. The lowest BCUT2D eigenvalue weighted by Gasteiger charge is -2.15. The van der Waals surface area contributed by atoms with Crippen molar-refractivity contribution in [2.45, 2.75) is 26.5 Å². The van der Waals surface area contributed by atoms with Gasteiger partial charge < -0.3 is 20.5 Å². The zero-order valence-corrected chi connectivity index (χ0v) is 14.7. The minimum Gasteiger partial charge on any atom is -0.496 e. The summed E-state index contributed by atoms with van der Waals surface area (Å²) in [7, 11) is 1.48. The third-order valence-corrected chi connectivity index (χ3v) is 3.67. The average Bonchev–Trinajstić information content (AvgIpc) is 2.55. The van der Waals surface area contributed by atoms with Gasteiger partial charge in [0.15, 0.2) is 0 Å². The number of carbonyl (C=O) groups excluding carboxylic acids is 1. The summed E-state index contributed by atoms with van der Waals surface area (Å²) in [5.41, 5.74) is 7.32. The number of methoxy groups -OCH3 is 1. The number of benzene rings is 2. The lowest BCUT2D eigenvalue weighted by molar-refractivity contribution is 0.0947. The molecule has 0 saturated carbocycles. The fourth-order valence-corrected chi connectivity index (χ4v) is 2.37. The maximum absolute atomic E-state index is 12.5. The Balaban J connectivity index is 2.16. The molecule has 0 radical (unpaired) electrons. The van der Waals surface area contributed by atoms with E-state index in [0.717, 1.165) is 11.3 Å². The van der Waals surface area contributed by atoms with Crippen LogP contribution in [0.25, 0.3) is 0 Å². The number of amides is 1. The third kappa shape index (κ3) is 4.32. The first-order valence-corrected chi connectivity index (χ1v) is 7.96. The van der Waals surface area contributed by atoms with E-state index in [1.54, 1.807) is 0 Å². The summed E-state index contributed by atoms with van der Waals surface area (Å²) in [4.78, 5) is 12.5. The highest BCUT2D eigenvalue weighted by molar-refractivity contribution is 6.33. The zero-order chi connectivity index (χ0) is 17.7. The molecule has 0 atom stereocenters. The van der Waals surface area contributed by atoms with Crippen LogP contribution in [0.1, 0.15) is 29.8 Å². The molecule has 6 heteroatoms. The van der Waals surface area contributed by atoms with Crippen molar-refractivity contribution in [2.24, 2.45) is 0 Å². The molecule has 2 rings (SSSR count). The molecule has 0 aliphatic carbocycles. The highest BCUT2D eigenvalue weighted by Gasteiger charge is 2.15. The maximum atomic E-state index is 12.5. The van der Waals surface area contributed by atoms with Gasteiger partial charge in [-0.1, -0.05) is 29.8 Å². The van der Waals surface area contributed by atoms with Gasteiger partial charge in [-0.05, 0) is 26.0 Å². The van der Waals surface area contributed by atoms with Gasteiger partial charge in [0.1, 0.15) is 11.5 Å². The van der Waals surface area contributed by atoms with Gasteiger partial charge in [-0.15, -0.1) is 0 Å². The fourth-order valence-electron chi connectivity index (χ4n) is 2.20. The van der Waals surface area contributed by atoms with Gasteiger partial charge in [0.2, 0.25) is 0 Å². The Bertz CT molecular complexity index is 732. The number of nitrogens with one attached hydrogen (secondary N) is 1. The lowest BCUT2D eigenvalue weighted by atomic mass is 10.1. The molecule has 3 N–H and O–H groups in total. The summed E-state index contributed by atoms with van der Waals surface area (Å²) in [6, 6.07) is 10.6. The third-order valence-electron chi connectivity index (χ3n) is 3.34. The van der Waals surface area contributed by atoms with Crippen LogP contribution in [0.15, 0.2) is 36.4 Å². The molecule has 0 spiro atoms. The van der Waals surface area contributed by atoms with Crippen molar-refractivity contribution in [2.75, 3.05) is 12.8 Å². The minimum absolute atomic E-state index is 0.0536. The standard InChI is InChI=1S/C18H21ClN2O3/c1-11(2)24-16-7-5-4-6-12(16)10-21-18(22)13-8-14(19)15(20)9-17(13)23-3/h4-9,11H,10,20H2,1-3H3,(H,21,22). The van der Waals surface area contributed by atoms with Gasteiger partial charge in [0, 0.05) is 18.2 Å². The molecule has 0 bridgehead atoms. The van der Waals surface area contributed by atoms with Crippen LogP contribution in [-0.2, 0) is 6.54 Å². The number of rotatable bonds is 6. The molecule has 128 valence electrons. The molecule has 0 saturated heterocycles. The zero-order valence-electron chi connectivity index (χ0n) is 13.9. The quantitative estimate of drug-likeness (QED) is 0.781. The number of halogens is 1. The van der Waals surface area contributed by atoms with Gasteiger partial charge in [0.25, 0.3) is 5.91 Å². The monoisotopic (exact) mass is 348 g/mol. The smallest absolute Gasteiger partial charge is 0.255 e. The molecule has 5 nitrogen and oxygen atoms in total. The Labute approximate surface area is 146 Å². The van der Waals surface area contributed by atoms with Gasteiger partial charge in [-0.3, -0.25) is 4.79 Å². The number of hydrogen-bond donors (Lipinski definition) is 2. The van der Waals surface area contributed by atoms with E-state index in [-0.39, 0.29) is 12.0 Å². The van der Waals surface area contributed by atoms with Crippen molar-refractivity contribution >= 4 is 23.2 Å². The van der Waals surface area contributed by atoms with Crippen LogP contribution in [0.5, 0.6) is 11.5 Å². The molecule has 0 unspecified atom stereocenters. The molecule has 1 amide bonds. The van der Waals surface area contributed by atoms with E-state index in [4.69, 9.17) is 26.8 Å². The van der Waals surface area contributed by atoms with E-state index in [9.17, 15) is 4.79 Å². The van der Waals surface area contributed by atoms with Crippen LogP contribution >= 0.6 is 11.6 Å². The topological polar surface area (TPSA) is 73.6 Å². The Morgan fingerprint density at radius 1 is 1.25 bits per heavy atom. The summed E-state index contributed by atoms with van der Waals surface area (Å²) >= 11 is 6.01. The number of nitrogens with two attached hydrogens (primary N) is 1. The Morgan fingerprint density at radius 2 is 1.96 bits per heavy atom. The number of ether oxygens (including phenoxy) is 2. The Kier molecular flexibility index (Phi) is 5.93. The molecule has 2 aromatic carbocycles. The van der Waals surface area contributed by atoms with Gasteiger partial charge in [-0.2, -0.15) is 0 Å². The minimum atomic E-state index is -0.298. The summed E-state index contributed by atoms with van der Waals surface area (Å²) in [5.74, 6) is 0.823. The second-order valence-electron chi connectivity index (χ2n) is 5.53. The van der Waals surface area contributed by atoms with E-state index in [2.05, 4.69) is 5.32 Å². The van der Waals surface area contributed by atoms with Crippen molar-refractivity contribution in [3.8, 4) is 11.5 Å². The van der Waals surface area contributed by atoms with Crippen molar-refractivity contribution < 1.29 is 14.3 Å². The molecule has 0 aliphatic rings. The normalized spacial score (nSPS) is 10.5. The Hall–Kier alpha value is -2.40. The van der Waals surface area contributed by atoms with Gasteiger partial charge in [-0.25, -0.2) is 0 Å². The second-order valence-corrected chi connectivity index (χ2v) is 5.94. The summed E-state index contributed by atoms with van der Waals surface area (Å²) < 4.78 is 11.0. The predicted molar refractivity (Wildman–Crippen MR) is 95.8 cm³/mol. The molecular formula is C18H21ClN2O3. The lowest BCUT2D eigenvalue weighted by Crippen LogP contribution is -2.24. The predicted octanol–water partition coefficient (Wildman–Crippen LogP) is 3.65. The molecule has 0 heterocycles. The van der Waals surface area contributed by atoms with E-state index in [1.165, 1.54) is 19.2 Å².